The first-order valence-electron chi connectivity index (χ1n) is 6.05. The molecule has 3 rings (SSSR count). The Morgan fingerprint density at radius 1 is 1.15 bits per heavy atom. The zero-order valence-corrected chi connectivity index (χ0v) is 11.0. The lowest BCUT2D eigenvalue weighted by molar-refractivity contribution is -0.134. The van der Waals surface area contributed by atoms with Gasteiger partial charge >= 0.3 is 0 Å². The van der Waals surface area contributed by atoms with Crippen molar-refractivity contribution in [3.8, 4) is 0 Å². The summed E-state index contributed by atoms with van der Waals surface area (Å²) in [4.78, 5) is 36.8. The second kappa shape index (κ2) is 4.16. The van der Waals surface area contributed by atoms with Crippen molar-refractivity contribution in [3.05, 3.63) is 51.9 Å². The lowest BCUT2D eigenvalue weighted by atomic mass is 10.1. The molecule has 0 radical (unpaired) electrons. The molecule has 0 N–H and O–H groups in total. The molecule has 1 aromatic heterocycles. The number of carbonyl (C=O) groups excluding carboxylic acids is 2. The van der Waals surface area contributed by atoms with Crippen molar-refractivity contribution in [2.24, 2.45) is 0 Å². The summed E-state index contributed by atoms with van der Waals surface area (Å²) in [6.07, 6.45) is 2.40. The van der Waals surface area contributed by atoms with Gasteiger partial charge in [0.2, 0.25) is 5.43 Å². The number of nitrogens with zero attached hydrogens (tertiary/aromatic N) is 1. The fourth-order valence-electron chi connectivity index (χ4n) is 2.19. The Morgan fingerprint density at radius 2 is 1.90 bits per heavy atom. The molecule has 0 fully saturated rings. The summed E-state index contributed by atoms with van der Waals surface area (Å²) in [5.74, 6) is -0.928. The molecule has 0 aliphatic carbocycles. The number of rotatable bonds is 1. The number of fused-ring (bicyclic) bond motifs is 1. The van der Waals surface area contributed by atoms with E-state index in [0.717, 1.165) is 16.5 Å². The molecule has 100 valence electrons. The van der Waals surface area contributed by atoms with E-state index in [-0.39, 0.29) is 16.6 Å². The van der Waals surface area contributed by atoms with Crippen LogP contribution in [-0.2, 0) is 9.59 Å². The van der Waals surface area contributed by atoms with Gasteiger partial charge in [-0.25, -0.2) is 0 Å². The smallest absolute Gasteiger partial charge is 0.261 e. The molecule has 2 amide bonds. The average Bonchev–Trinajstić information content (AvgIpc) is 2.68. The van der Waals surface area contributed by atoms with Gasteiger partial charge in [-0.2, -0.15) is 0 Å². The van der Waals surface area contributed by atoms with Gasteiger partial charge in [0.1, 0.15) is 11.8 Å². The molecule has 2 aromatic rings. The van der Waals surface area contributed by atoms with Crippen LogP contribution in [0.2, 0.25) is 0 Å². The SMILES string of the molecule is Cc1ccc2occ(C3=CC(=O)N(C)C3=O)c(=O)c2c1. The van der Waals surface area contributed by atoms with Gasteiger partial charge in [0.25, 0.3) is 11.8 Å². The van der Waals surface area contributed by atoms with Gasteiger partial charge < -0.3 is 4.42 Å². The quantitative estimate of drug-likeness (QED) is 0.735. The van der Waals surface area contributed by atoms with E-state index < -0.39 is 11.8 Å². The summed E-state index contributed by atoms with van der Waals surface area (Å²) in [5.41, 5.74) is 1.26. The molecule has 0 bridgehead atoms. The minimum absolute atomic E-state index is 0.0784. The molecule has 0 spiro atoms. The topological polar surface area (TPSA) is 67.6 Å². The third-order valence-corrected chi connectivity index (χ3v) is 3.35. The molecule has 2 heterocycles. The normalized spacial score (nSPS) is 15.1. The highest BCUT2D eigenvalue weighted by Crippen LogP contribution is 2.22. The van der Waals surface area contributed by atoms with Crippen LogP contribution < -0.4 is 5.43 Å². The van der Waals surface area contributed by atoms with Crippen molar-refractivity contribution in [1.82, 2.24) is 4.90 Å². The molecule has 0 saturated carbocycles. The van der Waals surface area contributed by atoms with Crippen LogP contribution in [0, 0.1) is 6.92 Å². The first kappa shape index (κ1) is 12.3. The maximum Gasteiger partial charge on any atom is 0.261 e. The average molecular weight is 269 g/mol. The van der Waals surface area contributed by atoms with Gasteiger partial charge in [-0.1, -0.05) is 11.6 Å². The van der Waals surface area contributed by atoms with Crippen molar-refractivity contribution in [3.63, 3.8) is 0 Å². The predicted octanol–water partition coefficient (Wildman–Crippen LogP) is 1.48. The molecular formula is C15H11NO4. The van der Waals surface area contributed by atoms with E-state index in [1.165, 1.54) is 13.3 Å². The third-order valence-electron chi connectivity index (χ3n) is 3.35. The number of likely N-dealkylation sites (N-methyl/N-ethyl adjacent to an activating group) is 1. The number of hydrogen-bond donors (Lipinski definition) is 0. The highest BCUT2D eigenvalue weighted by molar-refractivity contribution is 6.33. The fourth-order valence-corrected chi connectivity index (χ4v) is 2.19. The molecule has 1 aromatic carbocycles. The van der Waals surface area contributed by atoms with Gasteiger partial charge in [0.05, 0.1) is 16.5 Å². The maximum absolute atomic E-state index is 12.4. The Morgan fingerprint density at radius 3 is 2.55 bits per heavy atom. The van der Waals surface area contributed by atoms with Gasteiger partial charge in [-0.3, -0.25) is 19.3 Å². The predicted molar refractivity (Wildman–Crippen MR) is 73.0 cm³/mol. The van der Waals surface area contributed by atoms with Crippen LogP contribution in [0.1, 0.15) is 11.1 Å². The van der Waals surface area contributed by atoms with E-state index in [1.807, 2.05) is 13.0 Å². The van der Waals surface area contributed by atoms with E-state index in [2.05, 4.69) is 0 Å². The molecule has 0 saturated heterocycles. The number of benzene rings is 1. The number of imide groups is 1. The molecule has 0 unspecified atom stereocenters. The Hall–Kier alpha value is -2.69. The second-order valence-corrected chi connectivity index (χ2v) is 4.74. The summed E-state index contributed by atoms with van der Waals surface area (Å²) in [7, 11) is 1.38. The van der Waals surface area contributed by atoms with Crippen molar-refractivity contribution in [2.45, 2.75) is 6.92 Å². The van der Waals surface area contributed by atoms with Crippen molar-refractivity contribution >= 4 is 28.4 Å². The van der Waals surface area contributed by atoms with Crippen molar-refractivity contribution in [2.75, 3.05) is 7.05 Å². The fraction of sp³-hybridized carbons (Fsp3) is 0.133. The Bertz CT molecular complexity index is 845. The maximum atomic E-state index is 12.4. The van der Waals surface area contributed by atoms with Crippen LogP contribution >= 0.6 is 0 Å². The van der Waals surface area contributed by atoms with Crippen LogP contribution in [0.4, 0.5) is 0 Å². The minimum Gasteiger partial charge on any atom is -0.463 e. The summed E-state index contributed by atoms with van der Waals surface area (Å²) in [6.45, 7) is 1.86. The van der Waals surface area contributed by atoms with Crippen LogP contribution in [-0.4, -0.2) is 23.8 Å². The highest BCUT2D eigenvalue weighted by Gasteiger charge is 2.30. The zero-order valence-electron chi connectivity index (χ0n) is 11.0. The number of amides is 2. The summed E-state index contributed by atoms with van der Waals surface area (Å²) in [5, 5.41) is 0.401. The molecule has 0 atom stereocenters. The van der Waals surface area contributed by atoms with E-state index >= 15 is 0 Å². The molecule has 5 heteroatoms. The Balaban J connectivity index is 2.27. The third kappa shape index (κ3) is 1.67. The molecule has 5 nitrogen and oxygen atoms in total. The molecule has 20 heavy (non-hydrogen) atoms. The van der Waals surface area contributed by atoms with Gasteiger partial charge in [-0.05, 0) is 19.1 Å². The molecule has 1 aliphatic heterocycles. The van der Waals surface area contributed by atoms with E-state index in [1.54, 1.807) is 12.1 Å². The van der Waals surface area contributed by atoms with Crippen molar-refractivity contribution < 1.29 is 14.0 Å². The summed E-state index contributed by atoms with van der Waals surface area (Å²) < 4.78 is 5.39. The van der Waals surface area contributed by atoms with Crippen LogP contribution in [0.25, 0.3) is 16.5 Å². The van der Waals surface area contributed by atoms with Gasteiger partial charge in [0, 0.05) is 13.1 Å². The Labute approximate surface area is 114 Å². The highest BCUT2D eigenvalue weighted by atomic mass is 16.3. The largest absolute Gasteiger partial charge is 0.463 e. The molecular weight excluding hydrogens is 258 g/mol. The zero-order chi connectivity index (χ0) is 14.4. The van der Waals surface area contributed by atoms with Gasteiger partial charge in [0.15, 0.2) is 0 Å². The van der Waals surface area contributed by atoms with Crippen LogP contribution in [0.3, 0.4) is 0 Å². The van der Waals surface area contributed by atoms with Crippen LogP contribution in [0.5, 0.6) is 0 Å². The van der Waals surface area contributed by atoms with Gasteiger partial charge in [-0.15, -0.1) is 0 Å². The number of hydrogen-bond acceptors (Lipinski definition) is 4. The summed E-state index contributed by atoms with van der Waals surface area (Å²) >= 11 is 0. The monoisotopic (exact) mass is 269 g/mol. The first-order chi connectivity index (χ1) is 9.49. The van der Waals surface area contributed by atoms with E-state index in [9.17, 15) is 14.4 Å². The lowest BCUT2D eigenvalue weighted by Gasteiger charge is -2.07. The minimum atomic E-state index is -0.491. The van der Waals surface area contributed by atoms with E-state index in [4.69, 9.17) is 4.42 Å². The number of carbonyl (C=O) groups is 2. The number of aryl methyl sites for hydroxylation is 1. The van der Waals surface area contributed by atoms with Crippen LogP contribution in [0.15, 0.2) is 39.7 Å². The first-order valence-corrected chi connectivity index (χ1v) is 6.05. The second-order valence-electron chi connectivity index (χ2n) is 4.74. The lowest BCUT2D eigenvalue weighted by Crippen LogP contribution is -2.26. The summed E-state index contributed by atoms with van der Waals surface area (Å²) in [6, 6.07) is 5.25. The standard InChI is InChI=1S/C15H11NO4/c1-8-3-4-12-10(5-8)14(18)11(7-20-12)9-6-13(17)16(2)15(9)19/h3-7H,1-2H3. The Kier molecular flexibility index (Phi) is 2.57. The molecule has 1 aliphatic rings. The van der Waals surface area contributed by atoms with Crippen molar-refractivity contribution in [1.29, 1.82) is 0 Å². The van der Waals surface area contributed by atoms with E-state index in [0.29, 0.717) is 11.0 Å².